The highest BCUT2D eigenvalue weighted by atomic mass is 32.2. The molecular formula is C24H32N2O5S. The van der Waals surface area contributed by atoms with E-state index in [1.54, 1.807) is 39.3 Å². The van der Waals surface area contributed by atoms with Crippen molar-refractivity contribution in [2.75, 3.05) is 27.3 Å². The summed E-state index contributed by atoms with van der Waals surface area (Å²) in [4.78, 5) is 13.2. The number of amides is 1. The quantitative estimate of drug-likeness (QED) is 0.677. The standard InChI is InChI=1S/C24H32N2O5S/c1-16-10-12-26(13-11-16)32(28,29)20-8-6-17(2)21(15-20)24(27)25-18(3)19-7-9-22(30-4)23(14-19)31-5/h6-9,14-16,18H,10-13H2,1-5H3,(H,25,27). The topological polar surface area (TPSA) is 84.9 Å². The molecule has 174 valence electrons. The molecular weight excluding hydrogens is 428 g/mol. The van der Waals surface area contributed by atoms with Crippen molar-refractivity contribution in [3.8, 4) is 11.5 Å². The van der Waals surface area contributed by atoms with Crippen LogP contribution in [0.2, 0.25) is 0 Å². The highest BCUT2D eigenvalue weighted by molar-refractivity contribution is 7.89. The van der Waals surface area contributed by atoms with Gasteiger partial charge < -0.3 is 14.8 Å². The van der Waals surface area contributed by atoms with Gasteiger partial charge in [-0.05, 0) is 68.0 Å². The van der Waals surface area contributed by atoms with E-state index < -0.39 is 10.0 Å². The van der Waals surface area contributed by atoms with Crippen LogP contribution in [0.15, 0.2) is 41.3 Å². The van der Waals surface area contributed by atoms with Crippen LogP contribution < -0.4 is 14.8 Å². The predicted octanol–water partition coefficient (Wildman–Crippen LogP) is 3.92. The molecule has 0 bridgehead atoms. The minimum Gasteiger partial charge on any atom is -0.493 e. The Hall–Kier alpha value is -2.58. The van der Waals surface area contributed by atoms with Crippen molar-refractivity contribution in [1.29, 1.82) is 0 Å². The molecule has 2 aromatic carbocycles. The third-order valence-electron chi connectivity index (χ3n) is 6.09. The van der Waals surface area contributed by atoms with E-state index in [0.717, 1.165) is 18.4 Å². The van der Waals surface area contributed by atoms with Gasteiger partial charge in [0.05, 0.1) is 25.2 Å². The van der Waals surface area contributed by atoms with Gasteiger partial charge in [-0.2, -0.15) is 4.31 Å². The zero-order valence-electron chi connectivity index (χ0n) is 19.3. The van der Waals surface area contributed by atoms with Crippen LogP contribution in [-0.2, 0) is 10.0 Å². The van der Waals surface area contributed by atoms with Gasteiger partial charge in [0.15, 0.2) is 11.5 Å². The van der Waals surface area contributed by atoms with Crippen LogP contribution in [0, 0.1) is 12.8 Å². The van der Waals surface area contributed by atoms with E-state index in [-0.39, 0.29) is 16.8 Å². The third kappa shape index (κ3) is 5.07. The Morgan fingerprint density at radius 2 is 1.72 bits per heavy atom. The summed E-state index contributed by atoms with van der Waals surface area (Å²) in [5, 5.41) is 2.96. The molecule has 1 aliphatic rings. The molecule has 0 radical (unpaired) electrons. The normalized spacial score (nSPS) is 16.4. The Kier molecular flexibility index (Phi) is 7.46. The molecule has 0 aromatic heterocycles. The smallest absolute Gasteiger partial charge is 0.252 e. The van der Waals surface area contributed by atoms with Crippen molar-refractivity contribution >= 4 is 15.9 Å². The Balaban J connectivity index is 1.81. The van der Waals surface area contributed by atoms with Gasteiger partial charge in [0.2, 0.25) is 10.0 Å². The van der Waals surface area contributed by atoms with Gasteiger partial charge in [0.1, 0.15) is 0 Å². The fourth-order valence-corrected chi connectivity index (χ4v) is 5.36. The first-order chi connectivity index (χ1) is 15.2. The number of rotatable bonds is 7. The second-order valence-electron chi connectivity index (χ2n) is 8.37. The first kappa shape index (κ1) is 24.1. The summed E-state index contributed by atoms with van der Waals surface area (Å²) < 4.78 is 38.4. The average Bonchev–Trinajstić information content (AvgIpc) is 2.78. The second kappa shape index (κ2) is 9.92. The molecule has 3 rings (SSSR count). The third-order valence-corrected chi connectivity index (χ3v) is 7.98. The van der Waals surface area contributed by atoms with Crippen LogP contribution in [0.1, 0.15) is 54.2 Å². The number of benzene rings is 2. The molecule has 0 saturated carbocycles. The Morgan fingerprint density at radius 1 is 1.06 bits per heavy atom. The van der Waals surface area contributed by atoms with Gasteiger partial charge in [0.25, 0.3) is 5.91 Å². The lowest BCUT2D eigenvalue weighted by Gasteiger charge is -2.29. The second-order valence-corrected chi connectivity index (χ2v) is 10.3. The summed E-state index contributed by atoms with van der Waals surface area (Å²) in [7, 11) is -0.507. The fraction of sp³-hybridized carbons (Fsp3) is 0.458. The van der Waals surface area contributed by atoms with Crippen molar-refractivity contribution in [3.05, 3.63) is 53.1 Å². The molecule has 7 nitrogen and oxygen atoms in total. The van der Waals surface area contributed by atoms with E-state index in [9.17, 15) is 13.2 Å². The number of aryl methyl sites for hydroxylation is 1. The number of hydrogen-bond donors (Lipinski definition) is 1. The number of piperidine rings is 1. The average molecular weight is 461 g/mol. The largest absolute Gasteiger partial charge is 0.493 e. The maximum Gasteiger partial charge on any atom is 0.252 e. The predicted molar refractivity (Wildman–Crippen MR) is 124 cm³/mol. The lowest BCUT2D eigenvalue weighted by Crippen LogP contribution is -2.38. The van der Waals surface area contributed by atoms with Crippen molar-refractivity contribution in [3.63, 3.8) is 0 Å². The minimum atomic E-state index is -3.63. The lowest BCUT2D eigenvalue weighted by atomic mass is 10.0. The van der Waals surface area contributed by atoms with Crippen LogP contribution in [0.3, 0.4) is 0 Å². The van der Waals surface area contributed by atoms with Crippen LogP contribution in [0.5, 0.6) is 11.5 Å². The summed E-state index contributed by atoms with van der Waals surface area (Å²) >= 11 is 0. The monoisotopic (exact) mass is 460 g/mol. The molecule has 8 heteroatoms. The van der Waals surface area contributed by atoms with Gasteiger partial charge in [-0.1, -0.05) is 19.1 Å². The van der Waals surface area contributed by atoms with Crippen LogP contribution >= 0.6 is 0 Å². The number of methoxy groups -OCH3 is 2. The molecule has 1 atom stereocenters. The van der Waals surface area contributed by atoms with Gasteiger partial charge in [-0.25, -0.2) is 8.42 Å². The van der Waals surface area contributed by atoms with Crippen molar-refractivity contribution in [2.45, 2.75) is 44.6 Å². The molecule has 32 heavy (non-hydrogen) atoms. The molecule has 1 unspecified atom stereocenters. The first-order valence-electron chi connectivity index (χ1n) is 10.8. The first-order valence-corrected chi connectivity index (χ1v) is 12.2. The molecule has 1 amide bonds. The van der Waals surface area contributed by atoms with Gasteiger partial charge in [0, 0.05) is 18.7 Å². The van der Waals surface area contributed by atoms with Gasteiger partial charge in [-0.15, -0.1) is 0 Å². The summed E-state index contributed by atoms with van der Waals surface area (Å²) in [5.41, 5.74) is 1.91. The number of sulfonamides is 1. The molecule has 1 aliphatic heterocycles. The maximum absolute atomic E-state index is 13.1. The molecule has 2 aromatic rings. The van der Waals surface area contributed by atoms with Gasteiger partial charge >= 0.3 is 0 Å². The van der Waals surface area contributed by atoms with Gasteiger partial charge in [-0.3, -0.25) is 4.79 Å². The maximum atomic E-state index is 13.1. The molecule has 0 aliphatic carbocycles. The number of carbonyl (C=O) groups is 1. The Labute approximate surface area is 190 Å². The van der Waals surface area contributed by atoms with Crippen molar-refractivity contribution in [2.24, 2.45) is 5.92 Å². The zero-order valence-corrected chi connectivity index (χ0v) is 20.2. The van der Waals surface area contributed by atoms with E-state index in [0.29, 0.717) is 41.6 Å². The fourth-order valence-electron chi connectivity index (χ4n) is 3.86. The summed E-state index contributed by atoms with van der Waals surface area (Å²) in [6.45, 7) is 6.82. The molecule has 0 spiro atoms. The number of ether oxygens (including phenoxy) is 2. The van der Waals surface area contributed by atoms with E-state index in [1.165, 1.54) is 10.4 Å². The number of nitrogens with zero attached hydrogens (tertiary/aromatic N) is 1. The SMILES string of the molecule is COc1ccc(C(C)NC(=O)c2cc(S(=O)(=O)N3CCC(C)CC3)ccc2C)cc1OC. The van der Waals surface area contributed by atoms with E-state index in [2.05, 4.69) is 12.2 Å². The zero-order chi connectivity index (χ0) is 23.5. The van der Waals surface area contributed by atoms with Crippen LogP contribution in [0.25, 0.3) is 0 Å². The minimum absolute atomic E-state index is 0.154. The molecule has 1 saturated heterocycles. The summed E-state index contributed by atoms with van der Waals surface area (Å²) in [5.74, 6) is 1.38. The molecule has 1 fully saturated rings. The summed E-state index contributed by atoms with van der Waals surface area (Å²) in [6.07, 6.45) is 1.70. The van der Waals surface area contributed by atoms with E-state index in [4.69, 9.17) is 9.47 Å². The van der Waals surface area contributed by atoms with Crippen LogP contribution in [-0.4, -0.2) is 45.9 Å². The highest BCUT2D eigenvalue weighted by Crippen LogP contribution is 2.30. The Bertz CT molecular complexity index is 1080. The summed E-state index contributed by atoms with van der Waals surface area (Å²) in [6, 6.07) is 9.90. The van der Waals surface area contributed by atoms with Crippen molar-refractivity contribution < 1.29 is 22.7 Å². The number of nitrogens with one attached hydrogen (secondary N) is 1. The van der Waals surface area contributed by atoms with E-state index >= 15 is 0 Å². The van der Waals surface area contributed by atoms with E-state index in [1.807, 2.05) is 19.1 Å². The highest BCUT2D eigenvalue weighted by Gasteiger charge is 2.29. The lowest BCUT2D eigenvalue weighted by molar-refractivity contribution is 0.0939. The van der Waals surface area contributed by atoms with Crippen LogP contribution in [0.4, 0.5) is 0 Å². The number of hydrogen-bond acceptors (Lipinski definition) is 5. The Morgan fingerprint density at radius 3 is 2.34 bits per heavy atom. The number of carbonyl (C=O) groups excluding carboxylic acids is 1. The molecule has 1 N–H and O–H groups in total. The van der Waals surface area contributed by atoms with Crippen molar-refractivity contribution in [1.82, 2.24) is 9.62 Å². The molecule has 1 heterocycles.